The Balaban J connectivity index is 2.27. The Morgan fingerprint density at radius 2 is 2.00 bits per heavy atom. The first kappa shape index (κ1) is 15.7. The summed E-state index contributed by atoms with van der Waals surface area (Å²) in [5, 5.41) is 6.31. The maximum absolute atomic E-state index is 11.6. The SMILES string of the molecule is Cc1cccc(C(C)NCCC(=O)NCC(C)C)c1. The number of hydrogen-bond acceptors (Lipinski definition) is 2. The van der Waals surface area contributed by atoms with Gasteiger partial charge in [-0.3, -0.25) is 4.79 Å². The first-order chi connectivity index (χ1) is 8.99. The van der Waals surface area contributed by atoms with Crippen LogP contribution in [0.3, 0.4) is 0 Å². The highest BCUT2D eigenvalue weighted by atomic mass is 16.1. The Morgan fingerprint density at radius 3 is 2.63 bits per heavy atom. The maximum Gasteiger partial charge on any atom is 0.221 e. The highest BCUT2D eigenvalue weighted by molar-refractivity contribution is 5.76. The zero-order valence-electron chi connectivity index (χ0n) is 12.5. The van der Waals surface area contributed by atoms with Gasteiger partial charge >= 0.3 is 0 Å². The molecule has 0 saturated carbocycles. The molecule has 1 rings (SSSR count). The van der Waals surface area contributed by atoms with E-state index in [4.69, 9.17) is 0 Å². The third kappa shape index (κ3) is 6.39. The van der Waals surface area contributed by atoms with Gasteiger partial charge in [0.2, 0.25) is 5.91 Å². The molecule has 0 saturated heterocycles. The van der Waals surface area contributed by atoms with Crippen LogP contribution in [0.5, 0.6) is 0 Å². The Kier molecular flexibility index (Phi) is 6.57. The number of carbonyl (C=O) groups excluding carboxylic acids is 1. The highest BCUT2D eigenvalue weighted by Gasteiger charge is 2.06. The van der Waals surface area contributed by atoms with E-state index < -0.39 is 0 Å². The molecule has 3 heteroatoms. The summed E-state index contributed by atoms with van der Waals surface area (Å²) in [6.07, 6.45) is 0.531. The van der Waals surface area contributed by atoms with Gasteiger partial charge in [0.15, 0.2) is 0 Å². The molecule has 0 aromatic heterocycles. The zero-order chi connectivity index (χ0) is 14.3. The molecule has 1 unspecified atom stereocenters. The molecule has 2 N–H and O–H groups in total. The van der Waals surface area contributed by atoms with Gasteiger partial charge in [-0.05, 0) is 25.3 Å². The number of amides is 1. The van der Waals surface area contributed by atoms with Crippen LogP contribution in [0.2, 0.25) is 0 Å². The molecule has 1 amide bonds. The molecule has 19 heavy (non-hydrogen) atoms. The first-order valence-corrected chi connectivity index (χ1v) is 7.05. The van der Waals surface area contributed by atoms with E-state index in [1.54, 1.807) is 0 Å². The van der Waals surface area contributed by atoms with Crippen LogP contribution in [0.4, 0.5) is 0 Å². The van der Waals surface area contributed by atoms with Gasteiger partial charge < -0.3 is 10.6 Å². The van der Waals surface area contributed by atoms with Gasteiger partial charge in [-0.2, -0.15) is 0 Å². The lowest BCUT2D eigenvalue weighted by Gasteiger charge is -2.15. The summed E-state index contributed by atoms with van der Waals surface area (Å²) in [4.78, 5) is 11.6. The summed E-state index contributed by atoms with van der Waals surface area (Å²) in [7, 11) is 0. The Morgan fingerprint density at radius 1 is 1.26 bits per heavy atom. The lowest BCUT2D eigenvalue weighted by atomic mass is 10.1. The van der Waals surface area contributed by atoms with Crippen molar-refractivity contribution in [2.45, 2.75) is 40.2 Å². The summed E-state index contributed by atoms with van der Waals surface area (Å²) < 4.78 is 0. The summed E-state index contributed by atoms with van der Waals surface area (Å²) in [5.74, 6) is 0.626. The second-order valence-corrected chi connectivity index (χ2v) is 5.54. The Hall–Kier alpha value is -1.35. The van der Waals surface area contributed by atoms with Crippen molar-refractivity contribution in [3.05, 3.63) is 35.4 Å². The van der Waals surface area contributed by atoms with E-state index in [1.807, 2.05) is 0 Å². The predicted octanol–water partition coefficient (Wildman–Crippen LogP) is 2.81. The third-order valence-electron chi connectivity index (χ3n) is 3.05. The molecular weight excluding hydrogens is 236 g/mol. The van der Waals surface area contributed by atoms with Crippen LogP contribution in [0.15, 0.2) is 24.3 Å². The monoisotopic (exact) mass is 262 g/mol. The van der Waals surface area contributed by atoms with Crippen LogP contribution in [0.25, 0.3) is 0 Å². The van der Waals surface area contributed by atoms with Crippen molar-refractivity contribution < 1.29 is 4.79 Å². The van der Waals surface area contributed by atoms with Crippen molar-refractivity contribution in [2.75, 3.05) is 13.1 Å². The molecule has 0 aliphatic carbocycles. The van der Waals surface area contributed by atoms with Crippen LogP contribution in [-0.2, 0) is 4.79 Å². The molecule has 106 valence electrons. The average molecular weight is 262 g/mol. The molecule has 1 atom stereocenters. The maximum atomic E-state index is 11.6. The van der Waals surface area contributed by atoms with E-state index in [-0.39, 0.29) is 11.9 Å². The quantitative estimate of drug-likeness (QED) is 0.793. The van der Waals surface area contributed by atoms with E-state index in [9.17, 15) is 4.79 Å². The lowest BCUT2D eigenvalue weighted by Crippen LogP contribution is -2.31. The van der Waals surface area contributed by atoms with Crippen molar-refractivity contribution >= 4 is 5.91 Å². The number of aryl methyl sites for hydroxylation is 1. The minimum atomic E-state index is 0.123. The fraction of sp³-hybridized carbons (Fsp3) is 0.562. The highest BCUT2D eigenvalue weighted by Crippen LogP contribution is 2.13. The molecule has 0 radical (unpaired) electrons. The van der Waals surface area contributed by atoms with Crippen LogP contribution in [-0.4, -0.2) is 19.0 Å². The van der Waals surface area contributed by atoms with Crippen LogP contribution in [0.1, 0.15) is 44.4 Å². The van der Waals surface area contributed by atoms with Gasteiger partial charge in [0, 0.05) is 25.6 Å². The molecule has 0 aliphatic heterocycles. The van der Waals surface area contributed by atoms with Crippen molar-refractivity contribution in [3.63, 3.8) is 0 Å². The molecule has 0 fully saturated rings. The van der Waals surface area contributed by atoms with E-state index in [0.29, 0.717) is 18.9 Å². The molecule has 1 aromatic carbocycles. The molecule has 0 bridgehead atoms. The standard InChI is InChI=1S/C16H26N2O/c1-12(2)11-18-16(19)8-9-17-14(4)15-7-5-6-13(3)10-15/h5-7,10,12,14,17H,8-9,11H2,1-4H3,(H,18,19). The number of benzene rings is 1. The van der Waals surface area contributed by atoms with Crippen LogP contribution < -0.4 is 10.6 Å². The topological polar surface area (TPSA) is 41.1 Å². The normalized spacial score (nSPS) is 12.5. The fourth-order valence-electron chi connectivity index (χ4n) is 1.87. The first-order valence-electron chi connectivity index (χ1n) is 7.05. The van der Waals surface area contributed by atoms with Crippen molar-refractivity contribution in [2.24, 2.45) is 5.92 Å². The van der Waals surface area contributed by atoms with E-state index >= 15 is 0 Å². The van der Waals surface area contributed by atoms with Gasteiger partial charge in [-0.1, -0.05) is 43.7 Å². The Labute approximate surface area is 116 Å². The summed E-state index contributed by atoms with van der Waals surface area (Å²) >= 11 is 0. The van der Waals surface area contributed by atoms with Crippen molar-refractivity contribution in [1.29, 1.82) is 0 Å². The van der Waals surface area contributed by atoms with Gasteiger partial charge in [0.25, 0.3) is 0 Å². The van der Waals surface area contributed by atoms with E-state index in [0.717, 1.165) is 6.54 Å². The van der Waals surface area contributed by atoms with Crippen LogP contribution >= 0.6 is 0 Å². The second kappa shape index (κ2) is 7.95. The number of carbonyl (C=O) groups is 1. The van der Waals surface area contributed by atoms with Gasteiger partial charge in [0.1, 0.15) is 0 Å². The predicted molar refractivity (Wildman–Crippen MR) is 80.1 cm³/mol. The van der Waals surface area contributed by atoms with Gasteiger partial charge in [0.05, 0.1) is 0 Å². The number of rotatable bonds is 7. The largest absolute Gasteiger partial charge is 0.356 e. The molecule has 0 heterocycles. The summed E-state index contributed by atoms with van der Waals surface area (Å²) in [6.45, 7) is 9.87. The van der Waals surface area contributed by atoms with E-state index in [1.165, 1.54) is 11.1 Å². The minimum Gasteiger partial charge on any atom is -0.356 e. The molecule has 0 spiro atoms. The lowest BCUT2D eigenvalue weighted by molar-refractivity contribution is -0.121. The van der Waals surface area contributed by atoms with Crippen molar-refractivity contribution in [3.8, 4) is 0 Å². The van der Waals surface area contributed by atoms with Crippen molar-refractivity contribution in [1.82, 2.24) is 10.6 Å². The van der Waals surface area contributed by atoms with Crippen LogP contribution in [0, 0.1) is 12.8 Å². The minimum absolute atomic E-state index is 0.123. The molecule has 1 aromatic rings. The molecule has 3 nitrogen and oxygen atoms in total. The smallest absolute Gasteiger partial charge is 0.221 e. The average Bonchev–Trinajstić information content (AvgIpc) is 2.36. The summed E-state index contributed by atoms with van der Waals surface area (Å²) in [6, 6.07) is 8.73. The Bertz CT molecular complexity index is 401. The van der Waals surface area contributed by atoms with Gasteiger partial charge in [-0.25, -0.2) is 0 Å². The number of nitrogens with one attached hydrogen (secondary N) is 2. The molecule has 0 aliphatic rings. The zero-order valence-corrected chi connectivity index (χ0v) is 12.5. The fourth-order valence-corrected chi connectivity index (χ4v) is 1.87. The van der Waals surface area contributed by atoms with Gasteiger partial charge in [-0.15, -0.1) is 0 Å². The summed E-state index contributed by atoms with van der Waals surface area (Å²) in [5.41, 5.74) is 2.53. The number of hydrogen-bond donors (Lipinski definition) is 2. The molecular formula is C16H26N2O. The second-order valence-electron chi connectivity index (χ2n) is 5.54. The third-order valence-corrected chi connectivity index (χ3v) is 3.05. The van der Waals surface area contributed by atoms with E-state index in [2.05, 4.69) is 62.6 Å².